The molecule has 9 heteroatoms. The van der Waals surface area contributed by atoms with Crippen LogP contribution in [0.15, 0.2) is 75.9 Å². The van der Waals surface area contributed by atoms with Gasteiger partial charge in [-0.1, -0.05) is 18.2 Å². The minimum Gasteiger partial charge on any atom is -0.329 e. The highest BCUT2D eigenvalue weighted by atomic mass is 32.2. The zero-order valence-corrected chi connectivity index (χ0v) is 19.7. The van der Waals surface area contributed by atoms with Gasteiger partial charge in [-0.2, -0.15) is 4.31 Å². The van der Waals surface area contributed by atoms with E-state index >= 15 is 0 Å². The van der Waals surface area contributed by atoms with Gasteiger partial charge in [-0.05, 0) is 68.3 Å². The molecule has 2 aromatic carbocycles. The lowest BCUT2D eigenvalue weighted by atomic mass is 10.1. The second-order valence-corrected chi connectivity index (χ2v) is 10.8. The summed E-state index contributed by atoms with van der Waals surface area (Å²) in [4.78, 5) is 18.1. The Morgan fingerprint density at radius 1 is 1.09 bits per heavy atom. The van der Waals surface area contributed by atoms with Gasteiger partial charge >= 0.3 is 0 Å². The van der Waals surface area contributed by atoms with Crippen molar-refractivity contribution in [1.82, 2.24) is 13.9 Å². The van der Waals surface area contributed by atoms with Gasteiger partial charge in [0.05, 0.1) is 4.90 Å². The fourth-order valence-corrected chi connectivity index (χ4v) is 6.21. The van der Waals surface area contributed by atoms with E-state index in [1.54, 1.807) is 22.6 Å². The number of benzene rings is 2. The minimum absolute atomic E-state index is 0.00439. The van der Waals surface area contributed by atoms with Crippen LogP contribution in [0.2, 0.25) is 0 Å². The molecule has 1 atom stereocenters. The summed E-state index contributed by atoms with van der Waals surface area (Å²) in [7, 11) is -1.61. The van der Waals surface area contributed by atoms with Crippen molar-refractivity contribution in [2.45, 2.75) is 47.2 Å². The number of piperidine rings is 1. The number of sulfonamides is 1. The summed E-state index contributed by atoms with van der Waals surface area (Å²) < 4.78 is 29.4. The Morgan fingerprint density at radius 3 is 2.44 bits per heavy atom. The maximum absolute atomic E-state index is 13.0. The van der Waals surface area contributed by atoms with Crippen molar-refractivity contribution in [3.63, 3.8) is 0 Å². The number of nitrogens with one attached hydrogen (secondary N) is 1. The van der Waals surface area contributed by atoms with E-state index in [4.69, 9.17) is 0 Å². The van der Waals surface area contributed by atoms with E-state index in [-0.39, 0.29) is 16.8 Å². The first-order valence-corrected chi connectivity index (χ1v) is 12.8. The first-order valence-electron chi connectivity index (χ1n) is 10.5. The summed E-state index contributed by atoms with van der Waals surface area (Å²) in [5.74, 6) is -0.287. The molecular formula is C23H26N4O3S2. The first-order chi connectivity index (χ1) is 15.3. The van der Waals surface area contributed by atoms with Gasteiger partial charge in [-0.15, -0.1) is 0 Å². The number of rotatable bonds is 6. The van der Waals surface area contributed by atoms with Crippen molar-refractivity contribution in [2.24, 2.45) is 7.05 Å². The SMILES string of the molecule is C[C@H]1CCCCN1S(=O)(=O)c1ccc(C(=O)Nc2ccc(Sc3nccn3C)cc2)cc1. The van der Waals surface area contributed by atoms with Gasteiger partial charge in [-0.3, -0.25) is 4.79 Å². The summed E-state index contributed by atoms with van der Waals surface area (Å²) in [5, 5.41) is 3.74. The van der Waals surface area contributed by atoms with Crippen LogP contribution in [-0.2, 0) is 17.1 Å². The molecule has 32 heavy (non-hydrogen) atoms. The number of amides is 1. The molecule has 168 valence electrons. The Hall–Kier alpha value is -2.62. The van der Waals surface area contributed by atoms with Crippen LogP contribution in [0.1, 0.15) is 36.5 Å². The minimum atomic E-state index is -3.55. The van der Waals surface area contributed by atoms with Crippen molar-refractivity contribution in [3.05, 3.63) is 66.5 Å². The van der Waals surface area contributed by atoms with Crippen LogP contribution < -0.4 is 5.32 Å². The Kier molecular flexibility index (Phi) is 6.68. The van der Waals surface area contributed by atoms with E-state index < -0.39 is 10.0 Å². The van der Waals surface area contributed by atoms with E-state index in [9.17, 15) is 13.2 Å². The van der Waals surface area contributed by atoms with E-state index in [0.717, 1.165) is 29.3 Å². The Balaban J connectivity index is 1.41. The number of hydrogen-bond donors (Lipinski definition) is 1. The third-order valence-electron chi connectivity index (χ3n) is 5.56. The van der Waals surface area contributed by atoms with Gasteiger partial charge in [0.15, 0.2) is 5.16 Å². The van der Waals surface area contributed by atoms with E-state index in [1.165, 1.54) is 23.9 Å². The summed E-state index contributed by atoms with van der Waals surface area (Å²) in [6.07, 6.45) is 6.44. The Morgan fingerprint density at radius 2 is 1.81 bits per heavy atom. The molecule has 1 aromatic heterocycles. The van der Waals surface area contributed by atoms with Gasteiger partial charge in [-0.25, -0.2) is 13.4 Å². The van der Waals surface area contributed by atoms with Gasteiger partial charge in [0.1, 0.15) is 0 Å². The number of nitrogens with zero attached hydrogens (tertiary/aromatic N) is 3. The predicted octanol–water partition coefficient (Wildman–Crippen LogP) is 4.39. The number of carbonyl (C=O) groups is 1. The molecule has 1 fully saturated rings. The monoisotopic (exact) mass is 470 g/mol. The molecular weight excluding hydrogens is 444 g/mol. The van der Waals surface area contributed by atoms with Crippen molar-refractivity contribution in [3.8, 4) is 0 Å². The molecule has 1 aliphatic heterocycles. The van der Waals surface area contributed by atoms with Gasteiger partial charge in [0.25, 0.3) is 5.91 Å². The molecule has 0 bridgehead atoms. The zero-order chi connectivity index (χ0) is 22.7. The maximum atomic E-state index is 13.0. The average molecular weight is 471 g/mol. The van der Waals surface area contributed by atoms with Crippen LogP contribution in [-0.4, -0.2) is 40.8 Å². The number of aromatic nitrogens is 2. The van der Waals surface area contributed by atoms with Gasteiger partial charge < -0.3 is 9.88 Å². The maximum Gasteiger partial charge on any atom is 0.255 e. The fraction of sp³-hybridized carbons (Fsp3) is 0.304. The van der Waals surface area contributed by atoms with Crippen LogP contribution in [0.3, 0.4) is 0 Å². The molecule has 1 amide bonds. The third kappa shape index (κ3) is 4.90. The molecule has 1 N–H and O–H groups in total. The lowest BCUT2D eigenvalue weighted by molar-refractivity contribution is 0.102. The molecule has 1 aliphatic rings. The summed E-state index contributed by atoms with van der Waals surface area (Å²) in [6.45, 7) is 2.48. The van der Waals surface area contributed by atoms with Crippen molar-refractivity contribution < 1.29 is 13.2 Å². The van der Waals surface area contributed by atoms with Gasteiger partial charge in [0, 0.05) is 48.2 Å². The highest BCUT2D eigenvalue weighted by Crippen LogP contribution is 2.27. The Labute approximate surface area is 192 Å². The Bertz CT molecular complexity index is 1190. The number of carbonyl (C=O) groups excluding carboxylic acids is 1. The summed E-state index contributed by atoms with van der Waals surface area (Å²) >= 11 is 1.54. The predicted molar refractivity (Wildman–Crippen MR) is 125 cm³/mol. The fourth-order valence-electron chi connectivity index (χ4n) is 3.71. The van der Waals surface area contributed by atoms with E-state index in [2.05, 4.69) is 10.3 Å². The first kappa shape index (κ1) is 22.6. The van der Waals surface area contributed by atoms with Crippen LogP contribution in [0.25, 0.3) is 0 Å². The second kappa shape index (κ2) is 9.48. The normalized spacial score (nSPS) is 17.2. The molecule has 2 heterocycles. The molecule has 7 nitrogen and oxygen atoms in total. The average Bonchev–Trinajstić information content (AvgIpc) is 3.19. The number of imidazole rings is 1. The number of hydrogen-bond acceptors (Lipinski definition) is 5. The lowest BCUT2D eigenvalue weighted by Crippen LogP contribution is -2.41. The highest BCUT2D eigenvalue weighted by Gasteiger charge is 2.30. The molecule has 3 aromatic rings. The third-order valence-corrected chi connectivity index (χ3v) is 8.68. The van der Waals surface area contributed by atoms with Crippen molar-refractivity contribution in [1.29, 1.82) is 0 Å². The molecule has 4 rings (SSSR count). The molecule has 0 unspecified atom stereocenters. The zero-order valence-electron chi connectivity index (χ0n) is 18.1. The smallest absolute Gasteiger partial charge is 0.255 e. The van der Waals surface area contributed by atoms with Crippen LogP contribution in [0.4, 0.5) is 5.69 Å². The van der Waals surface area contributed by atoms with E-state index in [1.807, 2.05) is 49.0 Å². The standard InChI is InChI=1S/C23H26N4O3S2/c1-17-5-3-4-15-27(17)32(29,30)21-12-6-18(7-13-21)22(28)25-19-8-10-20(11-9-19)31-23-24-14-16-26(23)2/h6-14,16-17H,3-5,15H2,1-2H3,(H,25,28)/t17-/m0/s1. The number of anilines is 1. The van der Waals surface area contributed by atoms with Crippen molar-refractivity contribution in [2.75, 3.05) is 11.9 Å². The summed E-state index contributed by atoms with van der Waals surface area (Å²) in [6, 6.07) is 13.6. The van der Waals surface area contributed by atoms with E-state index in [0.29, 0.717) is 17.8 Å². The molecule has 0 saturated carbocycles. The number of aryl methyl sites for hydroxylation is 1. The topological polar surface area (TPSA) is 84.3 Å². The van der Waals surface area contributed by atoms with Crippen molar-refractivity contribution >= 4 is 33.4 Å². The second-order valence-electron chi connectivity index (χ2n) is 7.89. The molecule has 1 saturated heterocycles. The molecule has 0 spiro atoms. The van der Waals surface area contributed by atoms with Crippen LogP contribution >= 0.6 is 11.8 Å². The van der Waals surface area contributed by atoms with Gasteiger partial charge in [0.2, 0.25) is 10.0 Å². The quantitative estimate of drug-likeness (QED) is 0.578. The summed E-state index contributed by atoms with van der Waals surface area (Å²) in [5.41, 5.74) is 1.07. The largest absolute Gasteiger partial charge is 0.329 e. The highest BCUT2D eigenvalue weighted by molar-refractivity contribution is 7.99. The lowest BCUT2D eigenvalue weighted by Gasteiger charge is -2.32. The molecule has 0 aliphatic carbocycles. The van der Waals surface area contributed by atoms with Crippen LogP contribution in [0, 0.1) is 0 Å². The van der Waals surface area contributed by atoms with Crippen LogP contribution in [0.5, 0.6) is 0 Å². The molecule has 0 radical (unpaired) electrons.